The van der Waals surface area contributed by atoms with Crippen LogP contribution in [0.1, 0.15) is 33.6 Å². The maximum absolute atomic E-state index is 11.7. The van der Waals surface area contributed by atoms with Crippen molar-refractivity contribution in [2.45, 2.75) is 39.7 Å². The van der Waals surface area contributed by atoms with E-state index in [1.165, 1.54) is 11.9 Å². The minimum Gasteiger partial charge on any atom is -0.464 e. The number of amides is 1. The van der Waals surface area contributed by atoms with E-state index in [1.807, 2.05) is 0 Å². The van der Waals surface area contributed by atoms with E-state index in [-0.39, 0.29) is 12.5 Å². The molecule has 0 spiro atoms. The van der Waals surface area contributed by atoms with Crippen LogP contribution in [0.5, 0.6) is 0 Å². The van der Waals surface area contributed by atoms with Crippen LogP contribution in [-0.2, 0) is 14.3 Å². The van der Waals surface area contributed by atoms with Gasteiger partial charge in [0.25, 0.3) is 0 Å². The maximum Gasteiger partial charge on any atom is 0.410 e. The van der Waals surface area contributed by atoms with Crippen molar-refractivity contribution in [3.63, 3.8) is 0 Å². The molecule has 5 nitrogen and oxygen atoms in total. The van der Waals surface area contributed by atoms with Crippen LogP contribution in [0, 0.1) is 5.92 Å². The van der Waals surface area contributed by atoms with E-state index in [1.54, 1.807) is 6.92 Å². The van der Waals surface area contributed by atoms with Crippen molar-refractivity contribution in [3.05, 3.63) is 0 Å². The number of likely N-dealkylation sites (N-methyl/N-ethyl adjacent to an activating group) is 1. The lowest BCUT2D eigenvalue weighted by molar-refractivity contribution is -0.148. The molecule has 6 heteroatoms. The van der Waals surface area contributed by atoms with E-state index in [0.717, 1.165) is 12.8 Å². The van der Waals surface area contributed by atoms with Gasteiger partial charge in [-0.15, -0.1) is 11.6 Å². The van der Waals surface area contributed by atoms with Crippen molar-refractivity contribution < 1.29 is 19.1 Å². The number of rotatable bonds is 8. The summed E-state index contributed by atoms with van der Waals surface area (Å²) in [5.41, 5.74) is 0. The van der Waals surface area contributed by atoms with Crippen LogP contribution in [0.2, 0.25) is 0 Å². The van der Waals surface area contributed by atoms with Gasteiger partial charge in [-0.05, 0) is 25.7 Å². The lowest BCUT2D eigenvalue weighted by Crippen LogP contribution is -2.41. The van der Waals surface area contributed by atoms with Crippen molar-refractivity contribution in [2.24, 2.45) is 5.92 Å². The molecule has 0 aromatic heterocycles. The van der Waals surface area contributed by atoms with Gasteiger partial charge in [0.05, 0.1) is 12.5 Å². The van der Waals surface area contributed by atoms with Gasteiger partial charge < -0.3 is 9.47 Å². The summed E-state index contributed by atoms with van der Waals surface area (Å²) < 4.78 is 9.94. The number of halogens is 1. The number of esters is 1. The molecule has 0 aromatic carbocycles. The second kappa shape index (κ2) is 9.89. The zero-order valence-electron chi connectivity index (χ0n) is 12.1. The zero-order valence-corrected chi connectivity index (χ0v) is 12.9. The van der Waals surface area contributed by atoms with Gasteiger partial charge in [-0.25, -0.2) is 9.59 Å². The third-order valence-corrected chi connectivity index (χ3v) is 2.84. The summed E-state index contributed by atoms with van der Waals surface area (Å²) >= 11 is 5.42. The lowest BCUT2D eigenvalue weighted by atomic mass is 10.1. The standard InChI is InChI=1S/C13H24ClNO4/c1-10(2)6-5-8-18-12(16)11(3)15(4)13(17)19-9-7-14/h10-11H,5-9H2,1-4H3. The Morgan fingerprint density at radius 1 is 1.16 bits per heavy atom. The van der Waals surface area contributed by atoms with E-state index < -0.39 is 18.1 Å². The van der Waals surface area contributed by atoms with E-state index in [0.29, 0.717) is 12.5 Å². The smallest absolute Gasteiger partial charge is 0.410 e. The summed E-state index contributed by atoms with van der Waals surface area (Å²) in [6, 6.07) is -0.665. The molecule has 1 atom stereocenters. The van der Waals surface area contributed by atoms with E-state index in [2.05, 4.69) is 13.8 Å². The predicted octanol–water partition coefficient (Wildman–Crippen LogP) is 2.66. The highest BCUT2D eigenvalue weighted by Crippen LogP contribution is 2.06. The van der Waals surface area contributed by atoms with Crippen LogP contribution in [0.4, 0.5) is 4.79 Å². The van der Waals surface area contributed by atoms with Crippen LogP contribution in [0.15, 0.2) is 0 Å². The second-order valence-electron chi connectivity index (χ2n) is 4.79. The Morgan fingerprint density at radius 3 is 2.32 bits per heavy atom. The first-order valence-electron chi connectivity index (χ1n) is 6.52. The average molecular weight is 294 g/mol. The van der Waals surface area contributed by atoms with Crippen LogP contribution < -0.4 is 0 Å². The molecule has 0 bridgehead atoms. The van der Waals surface area contributed by atoms with Crippen molar-refractivity contribution >= 4 is 23.7 Å². The fraction of sp³-hybridized carbons (Fsp3) is 0.846. The first-order valence-corrected chi connectivity index (χ1v) is 7.05. The van der Waals surface area contributed by atoms with E-state index >= 15 is 0 Å². The molecule has 0 aliphatic heterocycles. The third-order valence-electron chi connectivity index (χ3n) is 2.68. The predicted molar refractivity (Wildman–Crippen MR) is 74.3 cm³/mol. The Labute approximate surface area is 120 Å². The summed E-state index contributed by atoms with van der Waals surface area (Å²) in [4.78, 5) is 24.4. The topological polar surface area (TPSA) is 55.8 Å². The molecule has 0 aromatic rings. The molecule has 0 radical (unpaired) electrons. The van der Waals surface area contributed by atoms with Crippen LogP contribution in [0.3, 0.4) is 0 Å². The SMILES string of the molecule is CC(C)CCCOC(=O)C(C)N(C)C(=O)OCCCl. The molecule has 0 fully saturated rings. The number of hydrogen-bond donors (Lipinski definition) is 0. The molecule has 0 saturated heterocycles. The molecule has 0 rings (SSSR count). The van der Waals surface area contributed by atoms with Crippen LogP contribution in [0.25, 0.3) is 0 Å². The molecular weight excluding hydrogens is 270 g/mol. The van der Waals surface area contributed by atoms with Crippen molar-refractivity contribution in [2.75, 3.05) is 26.1 Å². The van der Waals surface area contributed by atoms with Crippen LogP contribution >= 0.6 is 11.6 Å². The average Bonchev–Trinajstić information content (AvgIpc) is 2.38. The molecule has 1 unspecified atom stereocenters. The largest absolute Gasteiger partial charge is 0.464 e. The first kappa shape index (κ1) is 18.0. The molecule has 19 heavy (non-hydrogen) atoms. The van der Waals surface area contributed by atoms with Crippen molar-refractivity contribution in [3.8, 4) is 0 Å². The molecule has 0 aliphatic carbocycles. The minimum atomic E-state index is -0.665. The van der Waals surface area contributed by atoms with Gasteiger partial charge in [-0.3, -0.25) is 4.90 Å². The van der Waals surface area contributed by atoms with Crippen molar-refractivity contribution in [1.29, 1.82) is 0 Å². The molecule has 0 aliphatic rings. The third kappa shape index (κ3) is 7.93. The van der Waals surface area contributed by atoms with Gasteiger partial charge in [0, 0.05) is 7.05 Å². The molecule has 0 N–H and O–H groups in total. The molecule has 0 saturated carbocycles. The lowest BCUT2D eigenvalue weighted by Gasteiger charge is -2.22. The van der Waals surface area contributed by atoms with Gasteiger partial charge in [0.2, 0.25) is 0 Å². The molecule has 0 heterocycles. The van der Waals surface area contributed by atoms with E-state index in [4.69, 9.17) is 21.1 Å². The normalized spacial score (nSPS) is 12.1. The number of carbonyl (C=O) groups excluding carboxylic acids is 2. The Bertz CT molecular complexity index is 284. The fourth-order valence-electron chi connectivity index (χ4n) is 1.33. The number of ether oxygens (including phenoxy) is 2. The second-order valence-corrected chi connectivity index (χ2v) is 5.17. The number of alkyl halides is 1. The van der Waals surface area contributed by atoms with E-state index in [9.17, 15) is 9.59 Å². The van der Waals surface area contributed by atoms with Gasteiger partial charge in [0.15, 0.2) is 0 Å². The highest BCUT2D eigenvalue weighted by Gasteiger charge is 2.24. The molecule has 112 valence electrons. The highest BCUT2D eigenvalue weighted by atomic mass is 35.5. The number of hydrogen-bond acceptors (Lipinski definition) is 4. The van der Waals surface area contributed by atoms with Gasteiger partial charge >= 0.3 is 12.1 Å². The summed E-state index contributed by atoms with van der Waals surface area (Å²) in [5, 5.41) is 0. The minimum absolute atomic E-state index is 0.126. The summed E-state index contributed by atoms with van der Waals surface area (Å²) in [5.74, 6) is 0.395. The van der Waals surface area contributed by atoms with Gasteiger partial charge in [-0.1, -0.05) is 13.8 Å². The Morgan fingerprint density at radius 2 is 1.79 bits per heavy atom. The number of carbonyl (C=O) groups is 2. The van der Waals surface area contributed by atoms with Crippen molar-refractivity contribution in [1.82, 2.24) is 4.90 Å². The summed E-state index contributed by atoms with van der Waals surface area (Å²) in [6.45, 7) is 6.34. The quantitative estimate of drug-likeness (QED) is 0.392. The monoisotopic (exact) mass is 293 g/mol. The number of nitrogens with zero attached hydrogens (tertiary/aromatic N) is 1. The first-order chi connectivity index (χ1) is 8.90. The zero-order chi connectivity index (χ0) is 14.8. The Hall–Kier alpha value is -0.970. The molecular formula is C13H24ClNO4. The summed E-state index contributed by atoms with van der Waals surface area (Å²) in [7, 11) is 1.50. The Kier molecular flexibility index (Phi) is 9.39. The summed E-state index contributed by atoms with van der Waals surface area (Å²) in [6.07, 6.45) is 1.26. The fourth-order valence-corrected chi connectivity index (χ4v) is 1.41. The van der Waals surface area contributed by atoms with Gasteiger partial charge in [-0.2, -0.15) is 0 Å². The van der Waals surface area contributed by atoms with Crippen LogP contribution in [-0.4, -0.2) is 49.1 Å². The molecule has 1 amide bonds. The Balaban J connectivity index is 3.99. The maximum atomic E-state index is 11.7. The highest BCUT2D eigenvalue weighted by molar-refractivity contribution is 6.18. The van der Waals surface area contributed by atoms with Gasteiger partial charge in [0.1, 0.15) is 12.6 Å².